The van der Waals surface area contributed by atoms with Crippen molar-refractivity contribution < 1.29 is 14.1 Å². The lowest BCUT2D eigenvalue weighted by Gasteiger charge is -2.14. The lowest BCUT2D eigenvalue weighted by Crippen LogP contribution is -2.45. The van der Waals surface area contributed by atoms with Crippen molar-refractivity contribution in [1.82, 2.24) is 20.8 Å². The van der Waals surface area contributed by atoms with Gasteiger partial charge in [-0.3, -0.25) is 9.59 Å². The number of carbonyl (C=O) groups is 2. The molecule has 0 aliphatic rings. The van der Waals surface area contributed by atoms with E-state index in [2.05, 4.69) is 20.8 Å². The Morgan fingerprint density at radius 2 is 1.96 bits per heavy atom. The molecule has 1 unspecified atom stereocenters. The molecule has 7 heteroatoms. The van der Waals surface area contributed by atoms with Gasteiger partial charge in [-0.1, -0.05) is 42.4 Å². The summed E-state index contributed by atoms with van der Waals surface area (Å²) in [5.74, 6) is -0.592. The highest BCUT2D eigenvalue weighted by Crippen LogP contribution is 2.27. The first-order valence-electron chi connectivity index (χ1n) is 8.92. The van der Waals surface area contributed by atoms with Crippen LogP contribution in [0.25, 0.3) is 22.4 Å². The Morgan fingerprint density at radius 3 is 2.67 bits per heavy atom. The second-order valence-electron chi connectivity index (χ2n) is 6.36. The smallest absolute Gasteiger partial charge is 0.259 e. The molecule has 140 valence electrons. The first kappa shape index (κ1) is 18.6. The summed E-state index contributed by atoms with van der Waals surface area (Å²) in [5, 5.41) is 10.00. The molecule has 0 saturated carbocycles. The summed E-state index contributed by atoms with van der Waals surface area (Å²) in [7, 11) is 0. The minimum atomic E-state index is -0.660. The van der Waals surface area contributed by atoms with E-state index in [1.165, 1.54) is 0 Å². The maximum absolute atomic E-state index is 12.9. The molecule has 0 aliphatic heterocycles. The van der Waals surface area contributed by atoms with Crippen LogP contribution in [0.15, 0.2) is 40.9 Å². The van der Waals surface area contributed by atoms with Crippen LogP contribution in [0.5, 0.6) is 0 Å². The third-order valence-electron chi connectivity index (χ3n) is 4.22. The van der Waals surface area contributed by atoms with Gasteiger partial charge in [-0.25, -0.2) is 4.98 Å². The summed E-state index contributed by atoms with van der Waals surface area (Å²) < 4.78 is 5.29. The van der Waals surface area contributed by atoms with Crippen molar-refractivity contribution in [1.29, 1.82) is 0 Å². The van der Waals surface area contributed by atoms with Crippen LogP contribution in [0.1, 0.15) is 36.3 Å². The number of hydrogen-bond donors (Lipinski definition) is 2. The maximum atomic E-state index is 12.9. The Kier molecular flexibility index (Phi) is 5.49. The molecule has 1 aromatic carbocycles. The number of pyridine rings is 1. The molecule has 0 radical (unpaired) electrons. The van der Waals surface area contributed by atoms with Crippen molar-refractivity contribution in [3.05, 3.63) is 47.7 Å². The number of rotatable bonds is 6. The van der Waals surface area contributed by atoms with Crippen molar-refractivity contribution in [2.24, 2.45) is 0 Å². The van der Waals surface area contributed by atoms with Gasteiger partial charge < -0.3 is 15.2 Å². The van der Waals surface area contributed by atoms with Crippen molar-refractivity contribution in [3.8, 4) is 11.3 Å². The van der Waals surface area contributed by atoms with Gasteiger partial charge in [0.1, 0.15) is 6.04 Å². The minimum absolute atomic E-state index is 0.221. The van der Waals surface area contributed by atoms with Gasteiger partial charge in [0.2, 0.25) is 5.91 Å². The summed E-state index contributed by atoms with van der Waals surface area (Å²) in [6.45, 7) is 5.95. The number of benzene rings is 1. The molecule has 0 fully saturated rings. The molecule has 7 nitrogen and oxygen atoms in total. The molecule has 0 aliphatic carbocycles. The van der Waals surface area contributed by atoms with Crippen LogP contribution in [0.2, 0.25) is 0 Å². The summed E-state index contributed by atoms with van der Waals surface area (Å²) in [4.78, 5) is 29.4. The van der Waals surface area contributed by atoms with Gasteiger partial charge in [0.25, 0.3) is 11.6 Å². The molecular formula is C20H22N4O3. The van der Waals surface area contributed by atoms with E-state index in [0.717, 1.165) is 12.0 Å². The van der Waals surface area contributed by atoms with Crippen LogP contribution in [-0.2, 0) is 4.79 Å². The lowest BCUT2D eigenvalue weighted by molar-refractivity contribution is -0.122. The molecule has 2 heterocycles. The second-order valence-corrected chi connectivity index (χ2v) is 6.36. The molecule has 27 heavy (non-hydrogen) atoms. The fraction of sp³-hybridized carbons (Fsp3) is 0.300. The molecule has 2 N–H and O–H groups in total. The number of nitrogens with one attached hydrogen (secondary N) is 2. The zero-order chi connectivity index (χ0) is 19.4. The van der Waals surface area contributed by atoms with Crippen LogP contribution >= 0.6 is 0 Å². The van der Waals surface area contributed by atoms with Gasteiger partial charge in [-0.05, 0) is 26.3 Å². The third kappa shape index (κ3) is 3.97. The molecule has 3 rings (SSSR count). The fourth-order valence-corrected chi connectivity index (χ4v) is 2.77. The average Bonchev–Trinajstić information content (AvgIpc) is 3.06. The number of fused-ring (bicyclic) bond motifs is 1. The highest BCUT2D eigenvalue weighted by molar-refractivity contribution is 6.08. The largest absolute Gasteiger partial charge is 0.354 e. The second kappa shape index (κ2) is 7.99. The third-order valence-corrected chi connectivity index (χ3v) is 4.22. The van der Waals surface area contributed by atoms with E-state index < -0.39 is 6.04 Å². The van der Waals surface area contributed by atoms with Gasteiger partial charge in [0.05, 0.1) is 22.3 Å². The molecule has 1 atom stereocenters. The Labute approximate surface area is 157 Å². The van der Waals surface area contributed by atoms with E-state index >= 15 is 0 Å². The van der Waals surface area contributed by atoms with Crippen molar-refractivity contribution in [3.63, 3.8) is 0 Å². The van der Waals surface area contributed by atoms with Gasteiger partial charge in [0, 0.05) is 12.1 Å². The predicted octanol–water partition coefficient (Wildman–Crippen LogP) is 2.84. The van der Waals surface area contributed by atoms with Gasteiger partial charge in [-0.15, -0.1) is 0 Å². The maximum Gasteiger partial charge on any atom is 0.259 e. The summed E-state index contributed by atoms with van der Waals surface area (Å²) in [6.07, 6.45) is 0.831. The van der Waals surface area contributed by atoms with E-state index in [0.29, 0.717) is 34.6 Å². The first-order valence-corrected chi connectivity index (χ1v) is 8.92. The zero-order valence-corrected chi connectivity index (χ0v) is 15.6. The van der Waals surface area contributed by atoms with Gasteiger partial charge in [-0.2, -0.15) is 0 Å². The predicted molar refractivity (Wildman–Crippen MR) is 102 cm³/mol. The van der Waals surface area contributed by atoms with E-state index in [9.17, 15) is 9.59 Å². The summed E-state index contributed by atoms with van der Waals surface area (Å²) in [5.41, 5.74) is 2.71. The van der Waals surface area contributed by atoms with Crippen LogP contribution in [0.4, 0.5) is 0 Å². The number of aryl methyl sites for hydroxylation is 1. The minimum Gasteiger partial charge on any atom is -0.354 e. The Balaban J connectivity index is 1.96. The Bertz CT molecular complexity index is 966. The van der Waals surface area contributed by atoms with Crippen molar-refractivity contribution >= 4 is 22.9 Å². The number of aromatic nitrogens is 2. The fourth-order valence-electron chi connectivity index (χ4n) is 2.77. The first-order chi connectivity index (χ1) is 13.0. The zero-order valence-electron chi connectivity index (χ0n) is 15.6. The Morgan fingerprint density at radius 1 is 1.22 bits per heavy atom. The Hall–Kier alpha value is -3.22. The molecule has 0 spiro atoms. The van der Waals surface area contributed by atoms with E-state index in [-0.39, 0.29) is 11.8 Å². The topological polar surface area (TPSA) is 97.1 Å². The molecule has 0 saturated heterocycles. The van der Waals surface area contributed by atoms with E-state index in [1.54, 1.807) is 19.9 Å². The normalized spacial score (nSPS) is 12.0. The lowest BCUT2D eigenvalue weighted by atomic mass is 10.0. The molecule has 3 aromatic rings. The van der Waals surface area contributed by atoms with E-state index in [4.69, 9.17) is 4.52 Å². The number of amides is 2. The van der Waals surface area contributed by atoms with Crippen LogP contribution < -0.4 is 10.6 Å². The SMILES string of the molecule is CCCNC(=O)C(C)NC(=O)c1cc(-c2ccccc2)nc2onc(C)c12. The molecular weight excluding hydrogens is 344 g/mol. The number of hydrogen-bond acceptors (Lipinski definition) is 5. The monoisotopic (exact) mass is 366 g/mol. The van der Waals surface area contributed by atoms with E-state index in [1.807, 2.05) is 37.3 Å². The summed E-state index contributed by atoms with van der Waals surface area (Å²) in [6, 6.07) is 10.5. The number of nitrogens with zero attached hydrogens (tertiary/aromatic N) is 2. The standard InChI is InChI=1S/C20H22N4O3/c1-4-10-21-18(25)13(3)22-19(26)15-11-16(14-8-6-5-7-9-14)23-20-17(15)12(2)24-27-20/h5-9,11,13H,4,10H2,1-3H3,(H,21,25)(H,22,26). The van der Waals surface area contributed by atoms with Crippen LogP contribution in [-0.4, -0.2) is 34.5 Å². The van der Waals surface area contributed by atoms with Crippen LogP contribution in [0, 0.1) is 6.92 Å². The summed E-state index contributed by atoms with van der Waals surface area (Å²) >= 11 is 0. The highest BCUT2D eigenvalue weighted by Gasteiger charge is 2.22. The molecule has 2 aromatic heterocycles. The van der Waals surface area contributed by atoms with Gasteiger partial charge >= 0.3 is 0 Å². The average molecular weight is 366 g/mol. The number of carbonyl (C=O) groups excluding carboxylic acids is 2. The highest BCUT2D eigenvalue weighted by atomic mass is 16.5. The quantitative estimate of drug-likeness (QED) is 0.699. The van der Waals surface area contributed by atoms with Gasteiger partial charge in [0.15, 0.2) is 0 Å². The molecule has 2 amide bonds. The van der Waals surface area contributed by atoms with Crippen molar-refractivity contribution in [2.45, 2.75) is 33.2 Å². The van der Waals surface area contributed by atoms with Crippen molar-refractivity contribution in [2.75, 3.05) is 6.54 Å². The van der Waals surface area contributed by atoms with Crippen LogP contribution in [0.3, 0.4) is 0 Å². The molecule has 0 bridgehead atoms.